The fraction of sp³-hybridized carbons (Fsp3) is 0.750. The third-order valence-electron chi connectivity index (χ3n) is 3.46. The fourth-order valence-corrected chi connectivity index (χ4v) is 2.35. The van der Waals surface area contributed by atoms with Gasteiger partial charge in [-0.2, -0.15) is 5.10 Å². The van der Waals surface area contributed by atoms with Crippen LogP contribution in [0.3, 0.4) is 0 Å². The number of nitrogens with one attached hydrogen (secondary N) is 2. The van der Waals surface area contributed by atoms with Crippen LogP contribution in [-0.2, 0) is 11.3 Å². The molecular formula is C12H18N4OS. The highest BCUT2D eigenvalue weighted by molar-refractivity contribution is 7.71. The van der Waals surface area contributed by atoms with Crippen molar-refractivity contribution in [2.75, 3.05) is 0 Å². The number of rotatable bonds is 6. The standard InChI is InChI=1S/C12H18N4OS/c17-10(13-9-5-6-9)2-1-7-16-11(8-3-4-8)14-15-12(16)18/h8-9H,1-7H2,(H,13,17)(H,15,18). The maximum atomic E-state index is 11.6. The predicted octanol–water partition coefficient (Wildman–Crippen LogP) is 1.88. The van der Waals surface area contributed by atoms with Crippen molar-refractivity contribution in [2.24, 2.45) is 0 Å². The average Bonchev–Trinajstić information content (AvgIpc) is 3.22. The van der Waals surface area contributed by atoms with Gasteiger partial charge in [-0.15, -0.1) is 0 Å². The van der Waals surface area contributed by atoms with Crippen molar-refractivity contribution in [2.45, 2.75) is 57.0 Å². The Morgan fingerprint density at radius 2 is 2.22 bits per heavy atom. The molecule has 0 radical (unpaired) electrons. The maximum Gasteiger partial charge on any atom is 0.220 e. The second-order valence-electron chi connectivity index (χ2n) is 5.26. The first-order chi connectivity index (χ1) is 8.74. The highest BCUT2D eigenvalue weighted by Gasteiger charge is 2.29. The average molecular weight is 266 g/mol. The van der Waals surface area contributed by atoms with Gasteiger partial charge in [-0.25, -0.2) is 0 Å². The van der Waals surface area contributed by atoms with Crippen LogP contribution in [0.15, 0.2) is 0 Å². The van der Waals surface area contributed by atoms with Gasteiger partial charge in [0.05, 0.1) is 0 Å². The normalized spacial score (nSPS) is 18.9. The van der Waals surface area contributed by atoms with Gasteiger partial charge in [-0.05, 0) is 44.3 Å². The van der Waals surface area contributed by atoms with Crippen LogP contribution in [0.2, 0.25) is 0 Å². The first kappa shape index (κ1) is 11.9. The van der Waals surface area contributed by atoms with E-state index in [9.17, 15) is 4.79 Å². The number of H-pyrrole nitrogens is 1. The lowest BCUT2D eigenvalue weighted by molar-refractivity contribution is -0.121. The summed E-state index contributed by atoms with van der Waals surface area (Å²) in [5, 5.41) is 10.1. The predicted molar refractivity (Wildman–Crippen MR) is 69.8 cm³/mol. The van der Waals surface area contributed by atoms with Crippen LogP contribution in [-0.4, -0.2) is 26.7 Å². The molecule has 2 aliphatic carbocycles. The van der Waals surface area contributed by atoms with Crippen LogP contribution >= 0.6 is 12.2 Å². The zero-order valence-corrected chi connectivity index (χ0v) is 11.1. The van der Waals surface area contributed by atoms with Gasteiger partial charge in [0.15, 0.2) is 4.77 Å². The number of aromatic amines is 1. The second-order valence-corrected chi connectivity index (χ2v) is 5.64. The van der Waals surface area contributed by atoms with E-state index in [1.165, 1.54) is 12.8 Å². The molecule has 2 N–H and O–H groups in total. The Hall–Kier alpha value is -1.17. The molecule has 1 aromatic heterocycles. The van der Waals surface area contributed by atoms with E-state index >= 15 is 0 Å². The molecule has 6 heteroatoms. The lowest BCUT2D eigenvalue weighted by Gasteiger charge is -2.06. The summed E-state index contributed by atoms with van der Waals surface area (Å²) in [5.41, 5.74) is 0. The Morgan fingerprint density at radius 1 is 1.44 bits per heavy atom. The van der Waals surface area contributed by atoms with Gasteiger partial charge < -0.3 is 9.88 Å². The highest BCUT2D eigenvalue weighted by Crippen LogP contribution is 2.38. The molecule has 0 saturated heterocycles. The molecule has 1 amide bonds. The van der Waals surface area contributed by atoms with Crippen LogP contribution < -0.4 is 5.32 Å². The van der Waals surface area contributed by atoms with Crippen molar-refractivity contribution in [1.29, 1.82) is 0 Å². The van der Waals surface area contributed by atoms with E-state index in [0.29, 0.717) is 23.2 Å². The minimum absolute atomic E-state index is 0.167. The number of amides is 1. The minimum atomic E-state index is 0.167. The van der Waals surface area contributed by atoms with E-state index in [4.69, 9.17) is 12.2 Å². The minimum Gasteiger partial charge on any atom is -0.353 e. The molecule has 1 aromatic rings. The highest BCUT2D eigenvalue weighted by atomic mass is 32.1. The lowest BCUT2D eigenvalue weighted by atomic mass is 10.3. The van der Waals surface area contributed by atoms with Crippen LogP contribution in [0.4, 0.5) is 0 Å². The molecule has 0 aliphatic heterocycles. The molecular weight excluding hydrogens is 248 g/mol. The molecule has 0 atom stereocenters. The monoisotopic (exact) mass is 266 g/mol. The number of nitrogens with zero attached hydrogens (tertiary/aromatic N) is 2. The maximum absolute atomic E-state index is 11.6. The van der Waals surface area contributed by atoms with Crippen LogP contribution in [0.5, 0.6) is 0 Å². The van der Waals surface area contributed by atoms with Gasteiger partial charge in [0, 0.05) is 24.9 Å². The number of hydrogen-bond donors (Lipinski definition) is 2. The summed E-state index contributed by atoms with van der Waals surface area (Å²) >= 11 is 5.22. The molecule has 0 bridgehead atoms. The van der Waals surface area contributed by atoms with Gasteiger partial charge >= 0.3 is 0 Å². The number of hydrogen-bond acceptors (Lipinski definition) is 3. The molecule has 1 heterocycles. The van der Waals surface area contributed by atoms with Gasteiger partial charge in [-0.1, -0.05) is 0 Å². The summed E-state index contributed by atoms with van der Waals surface area (Å²) in [4.78, 5) is 11.6. The van der Waals surface area contributed by atoms with Crippen LogP contribution in [0.25, 0.3) is 0 Å². The van der Waals surface area contributed by atoms with Crippen molar-refractivity contribution >= 4 is 18.1 Å². The second kappa shape index (κ2) is 4.84. The number of carbonyl (C=O) groups excluding carboxylic acids is 1. The molecule has 2 fully saturated rings. The van der Waals surface area contributed by atoms with E-state index in [-0.39, 0.29) is 5.91 Å². The third kappa shape index (κ3) is 2.80. The molecule has 2 aliphatic rings. The fourth-order valence-electron chi connectivity index (χ4n) is 2.12. The quantitative estimate of drug-likeness (QED) is 0.773. The molecule has 5 nitrogen and oxygen atoms in total. The summed E-state index contributed by atoms with van der Waals surface area (Å²) in [5.74, 6) is 1.82. The van der Waals surface area contributed by atoms with Gasteiger partial charge in [0.25, 0.3) is 0 Å². The van der Waals surface area contributed by atoms with Crippen LogP contribution in [0, 0.1) is 4.77 Å². The molecule has 0 spiro atoms. The zero-order valence-electron chi connectivity index (χ0n) is 10.3. The molecule has 18 heavy (non-hydrogen) atoms. The van der Waals surface area contributed by atoms with Gasteiger partial charge in [0.1, 0.15) is 5.82 Å². The third-order valence-corrected chi connectivity index (χ3v) is 3.77. The molecule has 98 valence electrons. The van der Waals surface area contributed by atoms with Crippen molar-refractivity contribution in [3.05, 3.63) is 10.6 Å². The Balaban J connectivity index is 1.51. The molecule has 0 aromatic carbocycles. The summed E-state index contributed by atoms with van der Waals surface area (Å²) in [6, 6.07) is 0.454. The van der Waals surface area contributed by atoms with Crippen molar-refractivity contribution in [3.8, 4) is 0 Å². The van der Waals surface area contributed by atoms with Gasteiger partial charge in [-0.3, -0.25) is 9.89 Å². The Kier molecular flexibility index (Phi) is 3.20. The largest absolute Gasteiger partial charge is 0.353 e. The number of aromatic nitrogens is 3. The van der Waals surface area contributed by atoms with E-state index < -0.39 is 0 Å². The first-order valence-electron chi connectivity index (χ1n) is 6.68. The van der Waals surface area contributed by atoms with Crippen molar-refractivity contribution < 1.29 is 4.79 Å². The summed E-state index contributed by atoms with van der Waals surface area (Å²) < 4.78 is 2.73. The number of carbonyl (C=O) groups is 1. The van der Waals surface area contributed by atoms with Gasteiger partial charge in [0.2, 0.25) is 5.91 Å². The molecule has 3 rings (SSSR count). The zero-order chi connectivity index (χ0) is 12.5. The Labute approximate surface area is 111 Å². The Bertz CT molecular complexity index is 498. The van der Waals surface area contributed by atoms with E-state index in [1.807, 2.05) is 0 Å². The van der Waals surface area contributed by atoms with E-state index in [2.05, 4.69) is 20.1 Å². The summed E-state index contributed by atoms with van der Waals surface area (Å²) in [6.45, 7) is 0.791. The summed E-state index contributed by atoms with van der Waals surface area (Å²) in [6.07, 6.45) is 6.11. The van der Waals surface area contributed by atoms with E-state index in [1.54, 1.807) is 0 Å². The van der Waals surface area contributed by atoms with Crippen molar-refractivity contribution in [1.82, 2.24) is 20.1 Å². The molecule has 2 saturated carbocycles. The Morgan fingerprint density at radius 3 is 2.89 bits per heavy atom. The molecule has 0 unspecified atom stereocenters. The smallest absolute Gasteiger partial charge is 0.220 e. The first-order valence-corrected chi connectivity index (χ1v) is 7.09. The van der Waals surface area contributed by atoms with E-state index in [0.717, 1.165) is 31.6 Å². The lowest BCUT2D eigenvalue weighted by Crippen LogP contribution is -2.25. The van der Waals surface area contributed by atoms with Crippen molar-refractivity contribution in [3.63, 3.8) is 0 Å². The summed E-state index contributed by atoms with van der Waals surface area (Å²) in [7, 11) is 0. The SMILES string of the molecule is O=C(CCCn1c(C2CC2)n[nH]c1=S)NC1CC1. The topological polar surface area (TPSA) is 62.7 Å². The van der Waals surface area contributed by atoms with Crippen LogP contribution in [0.1, 0.15) is 50.3 Å².